The number of hydrogen-bond donors (Lipinski definition) is 2. The van der Waals surface area contributed by atoms with Gasteiger partial charge in [0.15, 0.2) is 0 Å². The van der Waals surface area contributed by atoms with Crippen LogP contribution in [-0.4, -0.2) is 16.8 Å². The number of aryl methyl sites for hydroxylation is 1. The average molecular weight is 377 g/mol. The number of rotatable bonds is 6. The molecule has 27 heavy (non-hydrogen) atoms. The standard InChI is InChI=1S/C21H19N3O2S/c1-15-6-8-17(9-7-15)20(25)24-19(12-18-5-3-11-27-18)21(26)23-14-16-4-2-10-22-13-16/h2-13H,14H2,1H3,(H,23,26)(H,24,25). The number of nitrogens with one attached hydrogen (secondary N) is 2. The Bertz CT molecular complexity index is 933. The Morgan fingerprint density at radius 1 is 1.11 bits per heavy atom. The molecule has 0 aliphatic rings. The van der Waals surface area contributed by atoms with Gasteiger partial charge in [0.25, 0.3) is 11.8 Å². The molecular formula is C21H19N3O2S. The maximum Gasteiger partial charge on any atom is 0.268 e. The molecule has 2 heterocycles. The number of thiophene rings is 1. The van der Waals surface area contributed by atoms with Gasteiger partial charge in [-0.15, -0.1) is 11.3 Å². The largest absolute Gasteiger partial charge is 0.347 e. The summed E-state index contributed by atoms with van der Waals surface area (Å²) >= 11 is 1.49. The number of carbonyl (C=O) groups excluding carboxylic acids is 2. The van der Waals surface area contributed by atoms with E-state index in [2.05, 4.69) is 15.6 Å². The number of hydrogen-bond acceptors (Lipinski definition) is 4. The summed E-state index contributed by atoms with van der Waals surface area (Å²) in [5.74, 6) is -0.679. The predicted octanol–water partition coefficient (Wildman–Crippen LogP) is 3.54. The molecule has 0 radical (unpaired) electrons. The molecule has 0 unspecified atom stereocenters. The van der Waals surface area contributed by atoms with E-state index >= 15 is 0 Å². The van der Waals surface area contributed by atoms with Gasteiger partial charge >= 0.3 is 0 Å². The summed E-state index contributed by atoms with van der Waals surface area (Å²) in [5, 5.41) is 7.46. The fourth-order valence-electron chi connectivity index (χ4n) is 2.35. The molecule has 0 saturated carbocycles. The molecule has 136 valence electrons. The Morgan fingerprint density at radius 3 is 2.59 bits per heavy atom. The molecular weight excluding hydrogens is 358 g/mol. The van der Waals surface area contributed by atoms with E-state index in [4.69, 9.17) is 0 Å². The molecule has 0 aliphatic heterocycles. The minimum atomic E-state index is -0.354. The first-order valence-corrected chi connectivity index (χ1v) is 9.30. The first-order valence-electron chi connectivity index (χ1n) is 8.42. The van der Waals surface area contributed by atoms with Crippen molar-refractivity contribution in [1.29, 1.82) is 0 Å². The van der Waals surface area contributed by atoms with Gasteiger partial charge in [-0.2, -0.15) is 0 Å². The zero-order chi connectivity index (χ0) is 19.1. The average Bonchev–Trinajstić information content (AvgIpc) is 3.20. The lowest BCUT2D eigenvalue weighted by Gasteiger charge is -2.11. The van der Waals surface area contributed by atoms with Crippen LogP contribution < -0.4 is 10.6 Å². The first kappa shape index (κ1) is 18.5. The predicted molar refractivity (Wildman–Crippen MR) is 107 cm³/mol. The number of amides is 2. The Hall–Kier alpha value is -3.25. The molecule has 0 bridgehead atoms. The SMILES string of the molecule is Cc1ccc(C(=O)NC(=Cc2cccs2)C(=O)NCc2cccnc2)cc1. The summed E-state index contributed by atoms with van der Waals surface area (Å²) in [5.41, 5.74) is 2.64. The van der Waals surface area contributed by atoms with Crippen LogP contribution in [-0.2, 0) is 11.3 Å². The van der Waals surface area contributed by atoms with E-state index in [1.54, 1.807) is 30.6 Å². The summed E-state index contributed by atoms with van der Waals surface area (Å²) in [4.78, 5) is 30.1. The molecule has 2 aromatic heterocycles. The third-order valence-corrected chi connectivity index (χ3v) is 4.63. The van der Waals surface area contributed by atoms with Gasteiger partial charge in [0, 0.05) is 29.4 Å². The second kappa shape index (κ2) is 8.91. The van der Waals surface area contributed by atoms with Crippen LogP contribution in [0.5, 0.6) is 0 Å². The van der Waals surface area contributed by atoms with E-state index in [-0.39, 0.29) is 17.5 Å². The molecule has 6 heteroatoms. The molecule has 1 aromatic carbocycles. The lowest BCUT2D eigenvalue weighted by atomic mass is 10.1. The highest BCUT2D eigenvalue weighted by Crippen LogP contribution is 2.13. The van der Waals surface area contributed by atoms with E-state index < -0.39 is 0 Å². The normalized spacial score (nSPS) is 11.1. The molecule has 0 atom stereocenters. The molecule has 2 amide bonds. The summed E-state index contributed by atoms with van der Waals surface area (Å²) in [6.45, 7) is 2.28. The molecule has 2 N–H and O–H groups in total. The molecule has 0 fully saturated rings. The van der Waals surface area contributed by atoms with Gasteiger partial charge in [-0.25, -0.2) is 0 Å². The van der Waals surface area contributed by atoms with Crippen molar-refractivity contribution < 1.29 is 9.59 Å². The van der Waals surface area contributed by atoms with Crippen molar-refractivity contribution in [3.05, 3.63) is 93.6 Å². The van der Waals surface area contributed by atoms with Gasteiger partial charge in [-0.05, 0) is 48.2 Å². The quantitative estimate of drug-likeness (QED) is 0.646. The molecule has 5 nitrogen and oxygen atoms in total. The monoisotopic (exact) mass is 377 g/mol. The van der Waals surface area contributed by atoms with E-state index in [1.165, 1.54) is 11.3 Å². The van der Waals surface area contributed by atoms with Gasteiger partial charge in [0.2, 0.25) is 0 Å². The van der Waals surface area contributed by atoms with Crippen LogP contribution in [0, 0.1) is 6.92 Å². The van der Waals surface area contributed by atoms with Crippen molar-refractivity contribution in [3.63, 3.8) is 0 Å². The summed E-state index contributed by atoms with van der Waals surface area (Å²) < 4.78 is 0. The Kier molecular flexibility index (Phi) is 6.12. The van der Waals surface area contributed by atoms with E-state index in [0.29, 0.717) is 12.1 Å². The first-order chi connectivity index (χ1) is 13.1. The van der Waals surface area contributed by atoms with Gasteiger partial charge in [0.05, 0.1) is 0 Å². The van der Waals surface area contributed by atoms with E-state index in [1.807, 2.05) is 48.7 Å². The lowest BCUT2D eigenvalue weighted by Crippen LogP contribution is -2.34. The highest BCUT2D eigenvalue weighted by atomic mass is 32.1. The molecule has 3 aromatic rings. The Morgan fingerprint density at radius 2 is 1.93 bits per heavy atom. The van der Waals surface area contributed by atoms with Crippen LogP contribution in [0.15, 0.2) is 72.0 Å². The summed E-state index contributed by atoms with van der Waals surface area (Å²) in [7, 11) is 0. The molecule has 0 spiro atoms. The topological polar surface area (TPSA) is 71.1 Å². The second-order valence-corrected chi connectivity index (χ2v) is 6.92. The third kappa shape index (κ3) is 5.36. The van der Waals surface area contributed by atoms with Crippen molar-refractivity contribution in [2.24, 2.45) is 0 Å². The van der Waals surface area contributed by atoms with Crippen molar-refractivity contribution in [2.45, 2.75) is 13.5 Å². The molecule has 3 rings (SSSR count). The van der Waals surface area contributed by atoms with Crippen LogP contribution in [0.1, 0.15) is 26.4 Å². The Balaban J connectivity index is 1.75. The molecule has 0 aliphatic carbocycles. The van der Waals surface area contributed by atoms with Gasteiger partial charge in [0.1, 0.15) is 5.70 Å². The number of benzene rings is 1. The number of aromatic nitrogens is 1. The van der Waals surface area contributed by atoms with Crippen molar-refractivity contribution in [2.75, 3.05) is 0 Å². The van der Waals surface area contributed by atoms with Crippen LogP contribution >= 0.6 is 11.3 Å². The van der Waals surface area contributed by atoms with Crippen molar-refractivity contribution >= 4 is 29.2 Å². The zero-order valence-electron chi connectivity index (χ0n) is 14.8. The van der Waals surface area contributed by atoms with Gasteiger partial charge < -0.3 is 10.6 Å². The van der Waals surface area contributed by atoms with Crippen molar-refractivity contribution in [3.8, 4) is 0 Å². The summed E-state index contributed by atoms with van der Waals surface area (Å²) in [6, 6.07) is 14.7. The summed E-state index contributed by atoms with van der Waals surface area (Å²) in [6.07, 6.45) is 5.04. The lowest BCUT2D eigenvalue weighted by molar-refractivity contribution is -0.117. The van der Waals surface area contributed by atoms with Gasteiger partial charge in [-0.1, -0.05) is 29.8 Å². The number of nitrogens with zero attached hydrogens (tertiary/aromatic N) is 1. The number of pyridine rings is 1. The Labute approximate surface area is 161 Å². The maximum absolute atomic E-state index is 12.7. The fraction of sp³-hybridized carbons (Fsp3) is 0.0952. The van der Waals surface area contributed by atoms with Crippen LogP contribution in [0.2, 0.25) is 0 Å². The smallest absolute Gasteiger partial charge is 0.268 e. The highest BCUT2D eigenvalue weighted by molar-refractivity contribution is 7.10. The second-order valence-electron chi connectivity index (χ2n) is 5.94. The molecule has 0 saturated heterocycles. The zero-order valence-corrected chi connectivity index (χ0v) is 15.6. The maximum atomic E-state index is 12.7. The highest BCUT2D eigenvalue weighted by Gasteiger charge is 2.15. The van der Waals surface area contributed by atoms with Crippen molar-refractivity contribution in [1.82, 2.24) is 15.6 Å². The van der Waals surface area contributed by atoms with Crippen LogP contribution in [0.3, 0.4) is 0 Å². The van der Waals surface area contributed by atoms with E-state index in [9.17, 15) is 9.59 Å². The van der Waals surface area contributed by atoms with E-state index in [0.717, 1.165) is 16.0 Å². The fourth-order valence-corrected chi connectivity index (χ4v) is 3.01. The minimum absolute atomic E-state index is 0.201. The third-order valence-electron chi connectivity index (χ3n) is 3.81. The number of carbonyl (C=O) groups is 2. The van der Waals surface area contributed by atoms with Crippen LogP contribution in [0.4, 0.5) is 0 Å². The van der Waals surface area contributed by atoms with Gasteiger partial charge in [-0.3, -0.25) is 14.6 Å². The minimum Gasteiger partial charge on any atom is -0.347 e. The van der Waals surface area contributed by atoms with Crippen LogP contribution in [0.25, 0.3) is 6.08 Å².